The van der Waals surface area contributed by atoms with Gasteiger partial charge in [0.1, 0.15) is 6.04 Å². The van der Waals surface area contributed by atoms with Crippen LogP contribution in [0.5, 0.6) is 0 Å². The molecule has 1 atom stereocenters. The zero-order valence-electron chi connectivity index (χ0n) is 12.0. The molecule has 0 spiro atoms. The highest BCUT2D eigenvalue weighted by molar-refractivity contribution is 6.33. The number of para-hydroxylation sites is 1. The normalized spacial score (nSPS) is 13.1. The lowest BCUT2D eigenvalue weighted by atomic mass is 10.1. The third-order valence-corrected chi connectivity index (χ3v) is 3.07. The molecule has 118 valence electrons. The Morgan fingerprint density at radius 2 is 1.90 bits per heavy atom. The molecule has 0 aliphatic rings. The minimum Gasteiger partial charge on any atom is -0.372 e. The van der Waals surface area contributed by atoms with Crippen LogP contribution in [0.25, 0.3) is 0 Å². The number of carbonyl (C=O) groups is 1. The molecule has 0 fully saturated rings. The topological polar surface area (TPSA) is 41.1 Å². The first-order valence-electron chi connectivity index (χ1n) is 6.53. The Kier molecular flexibility index (Phi) is 5.89. The van der Waals surface area contributed by atoms with Gasteiger partial charge in [0.05, 0.1) is 16.3 Å². The molecule has 0 bridgehead atoms. The van der Waals surface area contributed by atoms with E-state index in [4.69, 9.17) is 11.6 Å². The molecule has 0 radical (unpaired) electrons. The van der Waals surface area contributed by atoms with Gasteiger partial charge in [0, 0.05) is 6.54 Å². The molecule has 0 aliphatic carbocycles. The fraction of sp³-hybridized carbons (Fsp3) is 0.500. The van der Waals surface area contributed by atoms with Crippen molar-refractivity contribution in [1.29, 1.82) is 0 Å². The van der Waals surface area contributed by atoms with Crippen molar-refractivity contribution in [3.63, 3.8) is 0 Å². The molecule has 0 saturated heterocycles. The average Bonchev–Trinajstić information content (AvgIpc) is 2.36. The summed E-state index contributed by atoms with van der Waals surface area (Å²) in [6.45, 7) is 5.79. The van der Waals surface area contributed by atoms with Crippen LogP contribution in [0.1, 0.15) is 26.3 Å². The Morgan fingerprint density at radius 1 is 1.29 bits per heavy atom. The second kappa shape index (κ2) is 7.02. The van der Waals surface area contributed by atoms with Crippen molar-refractivity contribution in [2.24, 2.45) is 5.92 Å². The standard InChI is InChI=1S/C14H18ClF3N2O/c1-8(2)7-19-13(21)9(3)20-12-10(14(16,17)18)5-4-6-11(12)15/h4-6,8-9,20H,7H2,1-3H3,(H,19,21). The maximum Gasteiger partial charge on any atom is 0.418 e. The van der Waals surface area contributed by atoms with Gasteiger partial charge in [-0.25, -0.2) is 0 Å². The van der Waals surface area contributed by atoms with Crippen LogP contribution in [-0.4, -0.2) is 18.5 Å². The molecular weight excluding hydrogens is 305 g/mol. The fourth-order valence-corrected chi connectivity index (χ4v) is 1.88. The van der Waals surface area contributed by atoms with Gasteiger partial charge in [-0.2, -0.15) is 13.2 Å². The van der Waals surface area contributed by atoms with E-state index in [2.05, 4.69) is 10.6 Å². The molecular formula is C14H18ClF3N2O. The van der Waals surface area contributed by atoms with Crippen molar-refractivity contribution >= 4 is 23.2 Å². The lowest BCUT2D eigenvalue weighted by Gasteiger charge is -2.20. The van der Waals surface area contributed by atoms with Gasteiger partial charge in [-0.05, 0) is 25.0 Å². The number of nitrogens with one attached hydrogen (secondary N) is 2. The summed E-state index contributed by atoms with van der Waals surface area (Å²) in [5.74, 6) is -0.121. The number of benzene rings is 1. The Morgan fingerprint density at radius 3 is 2.43 bits per heavy atom. The van der Waals surface area contributed by atoms with Crippen LogP contribution < -0.4 is 10.6 Å². The molecule has 0 aliphatic heterocycles. The summed E-state index contributed by atoms with van der Waals surface area (Å²) in [6.07, 6.45) is -4.54. The summed E-state index contributed by atoms with van der Waals surface area (Å²) in [4.78, 5) is 11.8. The summed E-state index contributed by atoms with van der Waals surface area (Å²) in [5, 5.41) is 5.12. The van der Waals surface area contributed by atoms with E-state index in [1.807, 2.05) is 13.8 Å². The van der Waals surface area contributed by atoms with E-state index in [1.54, 1.807) is 0 Å². The Bertz CT molecular complexity index is 503. The van der Waals surface area contributed by atoms with Crippen molar-refractivity contribution in [2.45, 2.75) is 33.0 Å². The molecule has 1 rings (SSSR count). The van der Waals surface area contributed by atoms with E-state index in [1.165, 1.54) is 19.1 Å². The third-order valence-electron chi connectivity index (χ3n) is 2.76. The van der Waals surface area contributed by atoms with Gasteiger partial charge in [0.2, 0.25) is 5.91 Å². The van der Waals surface area contributed by atoms with E-state index >= 15 is 0 Å². The Balaban J connectivity index is 2.90. The van der Waals surface area contributed by atoms with Crippen LogP contribution in [0, 0.1) is 5.92 Å². The molecule has 7 heteroatoms. The Labute approximate surface area is 126 Å². The highest BCUT2D eigenvalue weighted by atomic mass is 35.5. The summed E-state index contributed by atoms with van der Waals surface area (Å²) >= 11 is 5.82. The van der Waals surface area contributed by atoms with Crippen molar-refractivity contribution in [2.75, 3.05) is 11.9 Å². The smallest absolute Gasteiger partial charge is 0.372 e. The number of carbonyl (C=O) groups excluding carboxylic acids is 1. The second-order valence-electron chi connectivity index (χ2n) is 5.17. The average molecular weight is 323 g/mol. The van der Waals surface area contributed by atoms with Crippen molar-refractivity contribution in [3.05, 3.63) is 28.8 Å². The molecule has 2 N–H and O–H groups in total. The molecule has 21 heavy (non-hydrogen) atoms. The third kappa shape index (κ3) is 5.12. The lowest BCUT2D eigenvalue weighted by Crippen LogP contribution is -2.39. The lowest BCUT2D eigenvalue weighted by molar-refractivity contribution is -0.137. The summed E-state index contributed by atoms with van der Waals surface area (Å²) in [6, 6.07) is 2.66. The van der Waals surface area contributed by atoms with E-state index < -0.39 is 17.8 Å². The van der Waals surface area contributed by atoms with Gasteiger partial charge in [0.15, 0.2) is 0 Å². The monoisotopic (exact) mass is 322 g/mol. The molecule has 0 saturated carbocycles. The molecule has 3 nitrogen and oxygen atoms in total. The van der Waals surface area contributed by atoms with E-state index in [9.17, 15) is 18.0 Å². The molecule has 1 aromatic rings. The molecule has 1 aromatic carbocycles. The Hall–Kier alpha value is -1.43. The number of halogens is 4. The van der Waals surface area contributed by atoms with Crippen LogP contribution in [0.4, 0.5) is 18.9 Å². The van der Waals surface area contributed by atoms with Crippen LogP contribution in [0.15, 0.2) is 18.2 Å². The van der Waals surface area contributed by atoms with Crippen molar-refractivity contribution in [1.82, 2.24) is 5.32 Å². The van der Waals surface area contributed by atoms with Crippen molar-refractivity contribution in [3.8, 4) is 0 Å². The predicted octanol–water partition coefficient (Wildman–Crippen LogP) is 3.93. The largest absolute Gasteiger partial charge is 0.418 e. The number of amides is 1. The summed E-state index contributed by atoms with van der Waals surface area (Å²) in [5.41, 5.74) is -1.17. The van der Waals surface area contributed by atoms with Gasteiger partial charge in [-0.3, -0.25) is 4.79 Å². The van der Waals surface area contributed by atoms with E-state index in [0.717, 1.165) is 6.07 Å². The van der Waals surface area contributed by atoms with Crippen molar-refractivity contribution < 1.29 is 18.0 Å². The highest BCUT2D eigenvalue weighted by Gasteiger charge is 2.35. The number of hydrogen-bond donors (Lipinski definition) is 2. The van der Waals surface area contributed by atoms with Gasteiger partial charge in [-0.15, -0.1) is 0 Å². The zero-order valence-corrected chi connectivity index (χ0v) is 12.8. The first kappa shape index (κ1) is 17.6. The molecule has 0 heterocycles. The van der Waals surface area contributed by atoms with Gasteiger partial charge in [-0.1, -0.05) is 31.5 Å². The predicted molar refractivity (Wildman–Crippen MR) is 77.4 cm³/mol. The van der Waals surface area contributed by atoms with Crippen LogP contribution >= 0.6 is 11.6 Å². The van der Waals surface area contributed by atoms with Gasteiger partial charge in [0.25, 0.3) is 0 Å². The van der Waals surface area contributed by atoms with Gasteiger partial charge < -0.3 is 10.6 Å². The number of anilines is 1. The van der Waals surface area contributed by atoms with E-state index in [-0.39, 0.29) is 22.5 Å². The minimum atomic E-state index is -4.54. The molecule has 1 unspecified atom stereocenters. The maximum absolute atomic E-state index is 12.9. The second-order valence-corrected chi connectivity index (χ2v) is 5.57. The maximum atomic E-state index is 12.9. The zero-order chi connectivity index (χ0) is 16.2. The quantitative estimate of drug-likeness (QED) is 0.862. The first-order chi connectivity index (χ1) is 9.62. The number of alkyl halides is 3. The minimum absolute atomic E-state index is 0.0756. The van der Waals surface area contributed by atoms with E-state index in [0.29, 0.717) is 6.54 Å². The summed E-state index contributed by atoms with van der Waals surface area (Å²) < 4.78 is 38.8. The highest BCUT2D eigenvalue weighted by Crippen LogP contribution is 2.38. The van der Waals surface area contributed by atoms with Crippen LogP contribution in [-0.2, 0) is 11.0 Å². The summed E-state index contributed by atoms with van der Waals surface area (Å²) in [7, 11) is 0. The fourth-order valence-electron chi connectivity index (χ4n) is 1.65. The van der Waals surface area contributed by atoms with Crippen LogP contribution in [0.3, 0.4) is 0 Å². The number of rotatable bonds is 5. The first-order valence-corrected chi connectivity index (χ1v) is 6.90. The van der Waals surface area contributed by atoms with Gasteiger partial charge >= 0.3 is 6.18 Å². The number of hydrogen-bond acceptors (Lipinski definition) is 2. The SMILES string of the molecule is CC(C)CNC(=O)C(C)Nc1c(Cl)cccc1C(F)(F)F. The van der Waals surface area contributed by atoms with Crippen LogP contribution in [0.2, 0.25) is 5.02 Å². The molecule has 1 amide bonds. The molecule has 0 aromatic heterocycles.